The Morgan fingerprint density at radius 2 is 1.85 bits per heavy atom. The summed E-state index contributed by atoms with van der Waals surface area (Å²) in [6.45, 7) is 2.91. The highest BCUT2D eigenvalue weighted by atomic mass is 127. The summed E-state index contributed by atoms with van der Waals surface area (Å²) in [5, 5.41) is 9.48. The van der Waals surface area contributed by atoms with Crippen molar-refractivity contribution in [2.45, 2.75) is 64.5 Å². The normalized spacial score (nSPS) is 16.2. The summed E-state index contributed by atoms with van der Waals surface area (Å²) < 4.78 is 0. The van der Waals surface area contributed by atoms with Gasteiger partial charge in [-0.3, -0.25) is 9.79 Å². The SMILES string of the molecule is CN=C(NCc1ccc(C(=O)NC)cc1)NC(C)CCC1CCCCC1.I. The number of carbonyl (C=O) groups excluding carboxylic acids is 1. The molecule has 1 atom stereocenters. The van der Waals surface area contributed by atoms with Gasteiger partial charge in [-0.25, -0.2) is 0 Å². The molecule has 0 saturated heterocycles. The standard InChI is InChI=1S/C21H34N4O.HI/c1-16(9-10-17-7-5-4-6-8-17)25-21(23-3)24-15-18-11-13-19(14-12-18)20(26)22-2;/h11-14,16-17H,4-10,15H2,1-3H3,(H,22,26)(H2,23,24,25);1H. The summed E-state index contributed by atoms with van der Waals surface area (Å²) >= 11 is 0. The van der Waals surface area contributed by atoms with Crippen LogP contribution in [0, 0.1) is 5.92 Å². The molecule has 1 aromatic rings. The molecule has 2 rings (SSSR count). The Bertz CT molecular complexity index is 582. The molecule has 27 heavy (non-hydrogen) atoms. The lowest BCUT2D eigenvalue weighted by Gasteiger charge is -2.24. The number of carbonyl (C=O) groups is 1. The van der Waals surface area contributed by atoms with Crippen molar-refractivity contribution in [1.82, 2.24) is 16.0 Å². The molecule has 0 spiro atoms. The van der Waals surface area contributed by atoms with Crippen LogP contribution in [0.25, 0.3) is 0 Å². The van der Waals surface area contributed by atoms with Gasteiger partial charge in [-0.1, -0.05) is 44.2 Å². The lowest BCUT2D eigenvalue weighted by atomic mass is 9.85. The molecule has 1 aromatic carbocycles. The number of nitrogens with one attached hydrogen (secondary N) is 3. The number of benzene rings is 1. The molecule has 0 radical (unpaired) electrons. The summed E-state index contributed by atoms with van der Waals surface area (Å²) in [5.41, 5.74) is 1.80. The maximum absolute atomic E-state index is 11.6. The van der Waals surface area contributed by atoms with Crippen LogP contribution in [-0.4, -0.2) is 32.0 Å². The molecule has 1 aliphatic rings. The van der Waals surface area contributed by atoms with E-state index in [1.807, 2.05) is 24.3 Å². The maximum atomic E-state index is 11.6. The van der Waals surface area contributed by atoms with Gasteiger partial charge in [0.15, 0.2) is 5.96 Å². The van der Waals surface area contributed by atoms with Crippen molar-refractivity contribution in [3.8, 4) is 0 Å². The Labute approximate surface area is 181 Å². The van der Waals surface area contributed by atoms with Crippen LogP contribution in [0.1, 0.15) is 67.8 Å². The van der Waals surface area contributed by atoms with E-state index in [0.29, 0.717) is 18.2 Å². The van der Waals surface area contributed by atoms with Crippen LogP contribution < -0.4 is 16.0 Å². The number of guanidine groups is 1. The van der Waals surface area contributed by atoms with E-state index < -0.39 is 0 Å². The van der Waals surface area contributed by atoms with Crippen molar-refractivity contribution < 1.29 is 4.79 Å². The van der Waals surface area contributed by atoms with Crippen LogP contribution >= 0.6 is 24.0 Å². The number of aliphatic imine (C=N–C) groups is 1. The molecule has 6 heteroatoms. The fourth-order valence-electron chi connectivity index (χ4n) is 3.57. The molecule has 152 valence electrons. The third kappa shape index (κ3) is 8.49. The first-order valence-corrected chi connectivity index (χ1v) is 9.90. The number of amides is 1. The van der Waals surface area contributed by atoms with Gasteiger partial charge < -0.3 is 16.0 Å². The highest BCUT2D eigenvalue weighted by Gasteiger charge is 2.15. The second-order valence-corrected chi connectivity index (χ2v) is 7.33. The first-order chi connectivity index (χ1) is 12.6. The van der Waals surface area contributed by atoms with Crippen LogP contribution in [0.3, 0.4) is 0 Å². The molecular formula is C21H35IN4O. The van der Waals surface area contributed by atoms with E-state index in [1.54, 1.807) is 14.1 Å². The van der Waals surface area contributed by atoms with E-state index in [2.05, 4.69) is 27.9 Å². The minimum Gasteiger partial charge on any atom is -0.355 e. The monoisotopic (exact) mass is 486 g/mol. The third-order valence-corrected chi connectivity index (χ3v) is 5.24. The van der Waals surface area contributed by atoms with Gasteiger partial charge in [-0.2, -0.15) is 0 Å². The predicted octanol–water partition coefficient (Wildman–Crippen LogP) is 4.08. The fourth-order valence-corrected chi connectivity index (χ4v) is 3.57. The summed E-state index contributed by atoms with van der Waals surface area (Å²) in [6.07, 6.45) is 9.56. The molecule has 5 nitrogen and oxygen atoms in total. The quantitative estimate of drug-likeness (QED) is 0.309. The molecule has 0 bridgehead atoms. The minimum atomic E-state index is -0.0613. The van der Waals surface area contributed by atoms with Gasteiger partial charge in [0.1, 0.15) is 0 Å². The highest BCUT2D eigenvalue weighted by Crippen LogP contribution is 2.27. The number of nitrogens with zero attached hydrogens (tertiary/aromatic N) is 1. The Morgan fingerprint density at radius 3 is 2.44 bits per heavy atom. The van der Waals surface area contributed by atoms with E-state index in [9.17, 15) is 4.79 Å². The van der Waals surface area contributed by atoms with Gasteiger partial charge in [0.05, 0.1) is 0 Å². The van der Waals surface area contributed by atoms with Gasteiger partial charge in [0.25, 0.3) is 5.91 Å². The molecule has 0 heterocycles. The zero-order valence-corrected chi connectivity index (χ0v) is 19.2. The Morgan fingerprint density at radius 1 is 1.19 bits per heavy atom. The van der Waals surface area contributed by atoms with E-state index in [0.717, 1.165) is 17.4 Å². The first-order valence-electron chi connectivity index (χ1n) is 9.90. The number of hydrogen-bond acceptors (Lipinski definition) is 2. The van der Waals surface area contributed by atoms with Gasteiger partial charge in [0, 0.05) is 32.2 Å². The summed E-state index contributed by atoms with van der Waals surface area (Å²) in [6, 6.07) is 8.05. The first kappa shape index (κ1) is 23.7. The summed E-state index contributed by atoms with van der Waals surface area (Å²) in [5.74, 6) is 1.69. The molecule has 1 amide bonds. The van der Waals surface area contributed by atoms with Crippen molar-refractivity contribution in [2.75, 3.05) is 14.1 Å². The van der Waals surface area contributed by atoms with Crippen LogP contribution in [-0.2, 0) is 6.54 Å². The largest absolute Gasteiger partial charge is 0.355 e. The molecule has 1 fully saturated rings. The van der Waals surface area contributed by atoms with Crippen LogP contribution in [0.4, 0.5) is 0 Å². The number of hydrogen-bond donors (Lipinski definition) is 3. The number of rotatable bonds is 7. The molecule has 1 saturated carbocycles. The van der Waals surface area contributed by atoms with E-state index in [1.165, 1.54) is 44.9 Å². The van der Waals surface area contributed by atoms with Gasteiger partial charge in [0.2, 0.25) is 0 Å². The molecule has 1 aliphatic carbocycles. The molecular weight excluding hydrogens is 451 g/mol. The lowest BCUT2D eigenvalue weighted by Crippen LogP contribution is -2.42. The van der Waals surface area contributed by atoms with Crippen molar-refractivity contribution in [2.24, 2.45) is 10.9 Å². The molecule has 0 aliphatic heterocycles. The van der Waals surface area contributed by atoms with Gasteiger partial charge >= 0.3 is 0 Å². The predicted molar refractivity (Wildman–Crippen MR) is 124 cm³/mol. The van der Waals surface area contributed by atoms with Gasteiger partial charge in [-0.05, 0) is 43.4 Å². The topological polar surface area (TPSA) is 65.5 Å². The average molecular weight is 486 g/mol. The fraction of sp³-hybridized carbons (Fsp3) is 0.619. The maximum Gasteiger partial charge on any atom is 0.251 e. The van der Waals surface area contributed by atoms with Crippen molar-refractivity contribution in [3.63, 3.8) is 0 Å². The highest BCUT2D eigenvalue weighted by molar-refractivity contribution is 14.0. The Balaban J connectivity index is 0.00000364. The molecule has 1 unspecified atom stereocenters. The number of halogens is 1. The van der Waals surface area contributed by atoms with E-state index in [4.69, 9.17) is 0 Å². The Hall–Kier alpha value is -1.31. The second-order valence-electron chi connectivity index (χ2n) is 7.33. The third-order valence-electron chi connectivity index (χ3n) is 5.24. The smallest absolute Gasteiger partial charge is 0.251 e. The molecule has 3 N–H and O–H groups in total. The Kier molecular flexibility index (Phi) is 11.4. The van der Waals surface area contributed by atoms with Crippen molar-refractivity contribution >= 4 is 35.8 Å². The van der Waals surface area contributed by atoms with E-state index >= 15 is 0 Å². The zero-order chi connectivity index (χ0) is 18.8. The van der Waals surface area contributed by atoms with Crippen molar-refractivity contribution in [1.29, 1.82) is 0 Å². The van der Waals surface area contributed by atoms with Crippen LogP contribution in [0.5, 0.6) is 0 Å². The minimum absolute atomic E-state index is 0. The average Bonchev–Trinajstić information content (AvgIpc) is 2.70. The van der Waals surface area contributed by atoms with Crippen molar-refractivity contribution in [3.05, 3.63) is 35.4 Å². The van der Waals surface area contributed by atoms with Crippen LogP contribution in [0.15, 0.2) is 29.3 Å². The van der Waals surface area contributed by atoms with Gasteiger partial charge in [-0.15, -0.1) is 24.0 Å². The summed E-state index contributed by atoms with van der Waals surface area (Å²) in [4.78, 5) is 15.9. The van der Waals surface area contributed by atoms with E-state index in [-0.39, 0.29) is 29.9 Å². The lowest BCUT2D eigenvalue weighted by molar-refractivity contribution is 0.0963. The van der Waals surface area contributed by atoms with Crippen LogP contribution in [0.2, 0.25) is 0 Å². The zero-order valence-electron chi connectivity index (χ0n) is 16.9. The molecule has 0 aromatic heterocycles. The second kappa shape index (κ2) is 13.0. The summed E-state index contributed by atoms with van der Waals surface area (Å²) in [7, 11) is 3.45.